The number of benzene rings is 2. The van der Waals surface area contributed by atoms with Crippen LogP contribution in [0.5, 0.6) is 5.75 Å². The van der Waals surface area contributed by atoms with Crippen molar-refractivity contribution in [1.82, 2.24) is 4.90 Å². The zero-order valence-corrected chi connectivity index (χ0v) is 13.4. The summed E-state index contributed by atoms with van der Waals surface area (Å²) in [6, 6.07) is 15.3. The molecule has 1 aliphatic heterocycles. The molecule has 23 heavy (non-hydrogen) atoms. The largest absolute Gasteiger partial charge is 0.496 e. The standard InChI is InChI=1S/C19H22N2O2/c1-23-18-5-3-2-4-17(18)14-10-12-21(13-11-14)19(22)15-6-8-16(20)9-7-15/h2-9,14H,10-13,20H2,1H3. The summed E-state index contributed by atoms with van der Waals surface area (Å²) in [5.74, 6) is 1.47. The first-order valence-corrected chi connectivity index (χ1v) is 7.97. The maximum absolute atomic E-state index is 12.5. The van der Waals surface area contributed by atoms with E-state index in [-0.39, 0.29) is 5.91 Å². The third kappa shape index (κ3) is 3.31. The third-order valence-corrected chi connectivity index (χ3v) is 4.52. The van der Waals surface area contributed by atoms with Gasteiger partial charge < -0.3 is 15.4 Å². The van der Waals surface area contributed by atoms with Gasteiger partial charge in [0.1, 0.15) is 5.75 Å². The van der Waals surface area contributed by atoms with Crippen molar-refractivity contribution in [1.29, 1.82) is 0 Å². The van der Waals surface area contributed by atoms with Gasteiger partial charge in [-0.1, -0.05) is 18.2 Å². The molecule has 0 radical (unpaired) electrons. The molecule has 2 N–H and O–H groups in total. The smallest absolute Gasteiger partial charge is 0.253 e. The molecule has 1 heterocycles. The molecule has 0 bridgehead atoms. The fourth-order valence-corrected chi connectivity index (χ4v) is 3.21. The summed E-state index contributed by atoms with van der Waals surface area (Å²) < 4.78 is 5.46. The Labute approximate surface area is 136 Å². The lowest BCUT2D eigenvalue weighted by atomic mass is 9.88. The minimum atomic E-state index is 0.0866. The quantitative estimate of drug-likeness (QED) is 0.885. The molecular formula is C19H22N2O2. The number of carbonyl (C=O) groups excluding carboxylic acids is 1. The lowest BCUT2D eigenvalue weighted by Gasteiger charge is -2.32. The number of likely N-dealkylation sites (tertiary alicyclic amines) is 1. The van der Waals surface area contributed by atoms with E-state index in [4.69, 9.17) is 10.5 Å². The molecule has 0 atom stereocenters. The number of piperidine rings is 1. The zero-order valence-electron chi connectivity index (χ0n) is 13.4. The number of methoxy groups -OCH3 is 1. The summed E-state index contributed by atoms with van der Waals surface area (Å²) in [5, 5.41) is 0. The van der Waals surface area contributed by atoms with Crippen molar-refractivity contribution in [2.24, 2.45) is 0 Å². The van der Waals surface area contributed by atoms with Gasteiger partial charge in [0, 0.05) is 24.3 Å². The van der Waals surface area contributed by atoms with Crippen molar-refractivity contribution >= 4 is 11.6 Å². The van der Waals surface area contributed by atoms with Crippen molar-refractivity contribution in [2.45, 2.75) is 18.8 Å². The van der Waals surface area contributed by atoms with Crippen molar-refractivity contribution in [3.63, 3.8) is 0 Å². The molecule has 1 fully saturated rings. The van der Waals surface area contributed by atoms with Crippen LogP contribution < -0.4 is 10.5 Å². The average molecular weight is 310 g/mol. The molecule has 0 aromatic heterocycles. The Balaban J connectivity index is 1.66. The third-order valence-electron chi connectivity index (χ3n) is 4.52. The molecule has 2 aromatic carbocycles. The van der Waals surface area contributed by atoms with Crippen LogP contribution in [0, 0.1) is 0 Å². The highest BCUT2D eigenvalue weighted by Gasteiger charge is 2.26. The number of nitrogen functional groups attached to an aromatic ring is 1. The summed E-state index contributed by atoms with van der Waals surface area (Å²) in [4.78, 5) is 14.5. The van der Waals surface area contributed by atoms with Crippen molar-refractivity contribution in [3.8, 4) is 5.75 Å². The number of hydrogen-bond acceptors (Lipinski definition) is 3. The lowest BCUT2D eigenvalue weighted by molar-refractivity contribution is 0.0712. The van der Waals surface area contributed by atoms with Crippen LogP contribution >= 0.6 is 0 Å². The topological polar surface area (TPSA) is 55.6 Å². The molecule has 0 aliphatic carbocycles. The number of para-hydroxylation sites is 1. The second-order valence-corrected chi connectivity index (χ2v) is 5.93. The van der Waals surface area contributed by atoms with E-state index in [9.17, 15) is 4.79 Å². The van der Waals surface area contributed by atoms with Gasteiger partial charge in [-0.3, -0.25) is 4.79 Å². The normalized spacial score (nSPS) is 15.4. The van der Waals surface area contributed by atoms with Gasteiger partial charge >= 0.3 is 0 Å². The summed E-state index contributed by atoms with van der Waals surface area (Å²) >= 11 is 0. The summed E-state index contributed by atoms with van der Waals surface area (Å²) in [7, 11) is 1.71. The number of anilines is 1. The van der Waals surface area contributed by atoms with E-state index in [1.165, 1.54) is 5.56 Å². The Hall–Kier alpha value is -2.49. The van der Waals surface area contributed by atoms with Crippen LogP contribution in [0.1, 0.15) is 34.7 Å². The first kappa shape index (κ1) is 15.4. The maximum Gasteiger partial charge on any atom is 0.253 e. The summed E-state index contributed by atoms with van der Waals surface area (Å²) in [5.41, 5.74) is 8.30. The van der Waals surface area contributed by atoms with Crippen LogP contribution in [0.2, 0.25) is 0 Å². The van der Waals surface area contributed by atoms with Crippen LogP contribution in [-0.2, 0) is 0 Å². The number of nitrogens with zero attached hydrogens (tertiary/aromatic N) is 1. The van der Waals surface area contributed by atoms with E-state index in [0.717, 1.165) is 31.7 Å². The summed E-state index contributed by atoms with van der Waals surface area (Å²) in [6.45, 7) is 1.54. The molecular weight excluding hydrogens is 288 g/mol. The van der Waals surface area contributed by atoms with E-state index < -0.39 is 0 Å². The Kier molecular flexibility index (Phi) is 4.51. The predicted molar refractivity (Wildman–Crippen MR) is 91.7 cm³/mol. The molecule has 1 amide bonds. The van der Waals surface area contributed by atoms with Gasteiger partial charge in [-0.2, -0.15) is 0 Å². The highest BCUT2D eigenvalue weighted by molar-refractivity contribution is 5.94. The number of nitrogens with two attached hydrogens (primary N) is 1. The van der Waals surface area contributed by atoms with Gasteiger partial charge in [0.05, 0.1) is 7.11 Å². The van der Waals surface area contributed by atoms with E-state index in [1.807, 2.05) is 23.1 Å². The van der Waals surface area contributed by atoms with E-state index in [0.29, 0.717) is 17.2 Å². The predicted octanol–water partition coefficient (Wildman–Crippen LogP) is 3.30. The second kappa shape index (κ2) is 6.73. The minimum Gasteiger partial charge on any atom is -0.496 e. The monoisotopic (exact) mass is 310 g/mol. The van der Waals surface area contributed by atoms with Crippen LogP contribution in [-0.4, -0.2) is 31.0 Å². The van der Waals surface area contributed by atoms with E-state index >= 15 is 0 Å². The summed E-state index contributed by atoms with van der Waals surface area (Å²) in [6.07, 6.45) is 1.92. The molecule has 4 nitrogen and oxygen atoms in total. The first-order valence-electron chi connectivity index (χ1n) is 7.97. The fraction of sp³-hybridized carbons (Fsp3) is 0.316. The molecule has 1 aliphatic rings. The van der Waals surface area contributed by atoms with Gasteiger partial charge in [-0.05, 0) is 54.7 Å². The SMILES string of the molecule is COc1ccccc1C1CCN(C(=O)c2ccc(N)cc2)CC1. The fourth-order valence-electron chi connectivity index (χ4n) is 3.21. The number of hydrogen-bond donors (Lipinski definition) is 1. The van der Waals surface area contributed by atoms with Gasteiger partial charge in [0.2, 0.25) is 0 Å². The van der Waals surface area contributed by atoms with Crippen LogP contribution in [0.15, 0.2) is 48.5 Å². The van der Waals surface area contributed by atoms with Crippen molar-refractivity contribution in [3.05, 3.63) is 59.7 Å². The maximum atomic E-state index is 12.5. The van der Waals surface area contributed by atoms with Crippen LogP contribution in [0.3, 0.4) is 0 Å². The van der Waals surface area contributed by atoms with Crippen LogP contribution in [0.25, 0.3) is 0 Å². The number of rotatable bonds is 3. The minimum absolute atomic E-state index is 0.0866. The highest BCUT2D eigenvalue weighted by Crippen LogP contribution is 2.34. The van der Waals surface area contributed by atoms with Crippen molar-refractivity contribution < 1.29 is 9.53 Å². The molecule has 1 saturated heterocycles. The Morgan fingerprint density at radius 2 is 1.74 bits per heavy atom. The highest BCUT2D eigenvalue weighted by atomic mass is 16.5. The molecule has 3 rings (SSSR count). The lowest BCUT2D eigenvalue weighted by Crippen LogP contribution is -2.37. The molecule has 0 saturated carbocycles. The molecule has 2 aromatic rings. The molecule has 0 spiro atoms. The van der Waals surface area contributed by atoms with Gasteiger partial charge in [0.25, 0.3) is 5.91 Å². The molecule has 120 valence electrons. The Bertz CT molecular complexity index is 674. The number of ether oxygens (including phenoxy) is 1. The van der Waals surface area contributed by atoms with Crippen LogP contribution in [0.4, 0.5) is 5.69 Å². The number of carbonyl (C=O) groups is 1. The number of amides is 1. The second-order valence-electron chi connectivity index (χ2n) is 5.93. The zero-order chi connectivity index (χ0) is 16.2. The Morgan fingerprint density at radius 3 is 2.39 bits per heavy atom. The van der Waals surface area contributed by atoms with E-state index in [2.05, 4.69) is 6.07 Å². The first-order chi connectivity index (χ1) is 11.2. The van der Waals surface area contributed by atoms with Gasteiger partial charge in [-0.25, -0.2) is 0 Å². The van der Waals surface area contributed by atoms with Gasteiger partial charge in [-0.15, -0.1) is 0 Å². The molecule has 0 unspecified atom stereocenters. The van der Waals surface area contributed by atoms with Crippen molar-refractivity contribution in [2.75, 3.05) is 25.9 Å². The molecule has 4 heteroatoms. The average Bonchev–Trinajstić information content (AvgIpc) is 2.62. The van der Waals surface area contributed by atoms with Gasteiger partial charge in [0.15, 0.2) is 0 Å². The van der Waals surface area contributed by atoms with E-state index in [1.54, 1.807) is 31.4 Å². The Morgan fingerprint density at radius 1 is 1.09 bits per heavy atom.